The maximum atomic E-state index is 12.1. The molecule has 0 bridgehead atoms. The van der Waals surface area contributed by atoms with Gasteiger partial charge in [0.1, 0.15) is 6.04 Å². The maximum absolute atomic E-state index is 12.1. The standard InChI is InChI=1S/C12H14ClNO4S/c1-3-4-10(12(15)16)14-19(17,18)11-6-5-9(13)7-8(11)2/h3,5-7,10,14H,1,4H2,2H3,(H,15,16). The van der Waals surface area contributed by atoms with Crippen molar-refractivity contribution in [2.75, 3.05) is 0 Å². The quantitative estimate of drug-likeness (QED) is 0.787. The third-order valence-corrected chi connectivity index (χ3v) is 4.29. The van der Waals surface area contributed by atoms with Crippen molar-refractivity contribution in [3.63, 3.8) is 0 Å². The number of hydrogen-bond donors (Lipinski definition) is 2. The van der Waals surface area contributed by atoms with Crippen molar-refractivity contribution in [3.05, 3.63) is 41.4 Å². The fraction of sp³-hybridized carbons (Fsp3) is 0.250. The third kappa shape index (κ3) is 4.05. The Morgan fingerprint density at radius 2 is 2.21 bits per heavy atom. The molecule has 19 heavy (non-hydrogen) atoms. The third-order valence-electron chi connectivity index (χ3n) is 2.42. The molecule has 104 valence electrons. The monoisotopic (exact) mass is 303 g/mol. The molecule has 1 aromatic carbocycles. The smallest absolute Gasteiger partial charge is 0.322 e. The minimum Gasteiger partial charge on any atom is -0.480 e. The van der Waals surface area contributed by atoms with E-state index in [0.717, 1.165) is 0 Å². The van der Waals surface area contributed by atoms with Crippen LogP contribution in [0, 0.1) is 6.92 Å². The maximum Gasteiger partial charge on any atom is 0.322 e. The normalized spacial score (nSPS) is 12.9. The summed E-state index contributed by atoms with van der Waals surface area (Å²) >= 11 is 5.75. The fourth-order valence-corrected chi connectivity index (χ4v) is 3.19. The highest BCUT2D eigenvalue weighted by molar-refractivity contribution is 7.89. The van der Waals surface area contributed by atoms with E-state index in [9.17, 15) is 13.2 Å². The van der Waals surface area contributed by atoms with E-state index < -0.39 is 22.0 Å². The van der Waals surface area contributed by atoms with Crippen LogP contribution >= 0.6 is 11.6 Å². The van der Waals surface area contributed by atoms with E-state index in [2.05, 4.69) is 11.3 Å². The fourth-order valence-electron chi connectivity index (χ4n) is 1.53. The van der Waals surface area contributed by atoms with Crippen LogP contribution in [-0.2, 0) is 14.8 Å². The highest BCUT2D eigenvalue weighted by Gasteiger charge is 2.25. The molecule has 0 fully saturated rings. The molecule has 1 rings (SSSR count). The number of carboxylic acids is 1. The van der Waals surface area contributed by atoms with Crippen molar-refractivity contribution < 1.29 is 18.3 Å². The average molecular weight is 304 g/mol. The van der Waals surface area contributed by atoms with Crippen LogP contribution in [0.3, 0.4) is 0 Å². The highest BCUT2D eigenvalue weighted by Crippen LogP contribution is 2.20. The predicted molar refractivity (Wildman–Crippen MR) is 72.7 cm³/mol. The molecule has 0 aromatic heterocycles. The van der Waals surface area contributed by atoms with Crippen molar-refractivity contribution >= 4 is 27.6 Å². The SMILES string of the molecule is C=CCC(NS(=O)(=O)c1ccc(Cl)cc1C)C(=O)O. The molecular weight excluding hydrogens is 290 g/mol. The average Bonchev–Trinajstić information content (AvgIpc) is 2.27. The van der Waals surface area contributed by atoms with E-state index in [1.165, 1.54) is 24.3 Å². The van der Waals surface area contributed by atoms with E-state index in [-0.39, 0.29) is 11.3 Å². The number of aliphatic carboxylic acids is 1. The van der Waals surface area contributed by atoms with Crippen LogP contribution in [0.5, 0.6) is 0 Å². The molecule has 0 aliphatic carbocycles. The van der Waals surface area contributed by atoms with Gasteiger partial charge in [-0.2, -0.15) is 4.72 Å². The number of halogens is 1. The Kier molecular flexibility index (Phi) is 5.11. The molecule has 0 aliphatic rings. The first-order chi connectivity index (χ1) is 8.77. The molecule has 0 saturated carbocycles. The molecule has 1 atom stereocenters. The van der Waals surface area contributed by atoms with Gasteiger partial charge in [0.25, 0.3) is 0 Å². The molecule has 0 heterocycles. The molecule has 5 nitrogen and oxygen atoms in total. The molecule has 0 amide bonds. The summed E-state index contributed by atoms with van der Waals surface area (Å²) in [6.07, 6.45) is 1.34. The van der Waals surface area contributed by atoms with Gasteiger partial charge in [-0.15, -0.1) is 6.58 Å². The van der Waals surface area contributed by atoms with Crippen molar-refractivity contribution in [1.82, 2.24) is 4.72 Å². The van der Waals surface area contributed by atoms with Gasteiger partial charge in [0.2, 0.25) is 10.0 Å². The second kappa shape index (κ2) is 6.18. The lowest BCUT2D eigenvalue weighted by Crippen LogP contribution is -2.40. The van der Waals surface area contributed by atoms with Gasteiger partial charge in [-0.1, -0.05) is 17.7 Å². The molecule has 2 N–H and O–H groups in total. The van der Waals surface area contributed by atoms with Gasteiger partial charge in [0.05, 0.1) is 4.90 Å². The summed E-state index contributed by atoms with van der Waals surface area (Å²) in [6, 6.07) is 3.04. The van der Waals surface area contributed by atoms with Gasteiger partial charge in [-0.25, -0.2) is 8.42 Å². The molecule has 0 radical (unpaired) electrons. The van der Waals surface area contributed by atoms with E-state index >= 15 is 0 Å². The Morgan fingerprint density at radius 1 is 1.58 bits per heavy atom. The Hall–Kier alpha value is -1.37. The van der Waals surface area contributed by atoms with Gasteiger partial charge in [-0.3, -0.25) is 4.79 Å². The Morgan fingerprint density at radius 3 is 2.68 bits per heavy atom. The van der Waals surface area contributed by atoms with Gasteiger partial charge in [0, 0.05) is 5.02 Å². The van der Waals surface area contributed by atoms with Gasteiger partial charge in [-0.05, 0) is 37.1 Å². The number of nitrogens with one attached hydrogen (secondary N) is 1. The zero-order valence-corrected chi connectivity index (χ0v) is 11.8. The van der Waals surface area contributed by atoms with Crippen LogP contribution in [-0.4, -0.2) is 25.5 Å². The summed E-state index contributed by atoms with van der Waals surface area (Å²) in [4.78, 5) is 10.9. The minimum absolute atomic E-state index is 0.00119. The second-order valence-corrected chi connectivity index (χ2v) is 6.07. The van der Waals surface area contributed by atoms with Crippen molar-refractivity contribution in [2.24, 2.45) is 0 Å². The van der Waals surface area contributed by atoms with Crippen molar-refractivity contribution in [1.29, 1.82) is 0 Å². The lowest BCUT2D eigenvalue weighted by atomic mass is 10.2. The number of benzene rings is 1. The van der Waals surface area contributed by atoms with Gasteiger partial charge >= 0.3 is 5.97 Å². The number of sulfonamides is 1. The molecule has 1 unspecified atom stereocenters. The zero-order valence-electron chi connectivity index (χ0n) is 10.3. The van der Waals surface area contributed by atoms with E-state index in [4.69, 9.17) is 16.7 Å². The lowest BCUT2D eigenvalue weighted by molar-refractivity contribution is -0.138. The molecule has 0 spiro atoms. The summed E-state index contributed by atoms with van der Waals surface area (Å²) < 4.78 is 26.3. The largest absolute Gasteiger partial charge is 0.480 e. The molecule has 1 aromatic rings. The van der Waals surface area contributed by atoms with Crippen LogP contribution < -0.4 is 4.72 Å². The van der Waals surface area contributed by atoms with Crippen LogP contribution in [0.1, 0.15) is 12.0 Å². The number of rotatable bonds is 6. The van der Waals surface area contributed by atoms with Crippen molar-refractivity contribution in [2.45, 2.75) is 24.3 Å². The van der Waals surface area contributed by atoms with E-state index in [1.54, 1.807) is 6.92 Å². The number of carbonyl (C=O) groups is 1. The number of hydrogen-bond acceptors (Lipinski definition) is 3. The summed E-state index contributed by atoms with van der Waals surface area (Å²) in [7, 11) is -3.91. The molecule has 0 aliphatic heterocycles. The Bertz CT molecular complexity index is 598. The van der Waals surface area contributed by atoms with Crippen molar-refractivity contribution in [3.8, 4) is 0 Å². The summed E-state index contributed by atoms with van der Waals surface area (Å²) in [5.74, 6) is -1.25. The topological polar surface area (TPSA) is 83.5 Å². The van der Waals surface area contributed by atoms with Crippen LogP contribution in [0.25, 0.3) is 0 Å². The summed E-state index contributed by atoms with van der Waals surface area (Å²) in [6.45, 7) is 4.99. The first kappa shape index (κ1) is 15.7. The van der Waals surface area contributed by atoms with E-state index in [1.807, 2.05) is 0 Å². The van der Waals surface area contributed by atoms with Crippen LogP contribution in [0.2, 0.25) is 5.02 Å². The molecular formula is C12H14ClNO4S. The summed E-state index contributed by atoms with van der Waals surface area (Å²) in [5.41, 5.74) is 0.447. The first-order valence-corrected chi connectivity index (χ1v) is 7.26. The predicted octanol–water partition coefficient (Wildman–Crippen LogP) is 1.96. The second-order valence-electron chi connectivity index (χ2n) is 3.95. The van der Waals surface area contributed by atoms with Crippen LogP contribution in [0.4, 0.5) is 0 Å². The van der Waals surface area contributed by atoms with Crippen LogP contribution in [0.15, 0.2) is 35.7 Å². The zero-order chi connectivity index (χ0) is 14.6. The Labute approximate surface area is 117 Å². The highest BCUT2D eigenvalue weighted by atomic mass is 35.5. The van der Waals surface area contributed by atoms with E-state index in [0.29, 0.717) is 10.6 Å². The van der Waals surface area contributed by atoms with Gasteiger partial charge < -0.3 is 5.11 Å². The number of carboxylic acid groups (broad SMARTS) is 1. The van der Waals surface area contributed by atoms with Gasteiger partial charge in [0.15, 0.2) is 0 Å². The molecule has 7 heteroatoms. The summed E-state index contributed by atoms with van der Waals surface area (Å²) in [5, 5.41) is 9.35. The lowest BCUT2D eigenvalue weighted by Gasteiger charge is -2.14. The Balaban J connectivity index is 3.09. The molecule has 0 saturated heterocycles. The first-order valence-electron chi connectivity index (χ1n) is 5.40. The number of aryl methyl sites for hydroxylation is 1. The minimum atomic E-state index is -3.91.